The molecule has 96 valence electrons. The molecule has 0 bridgehead atoms. The van der Waals surface area contributed by atoms with Gasteiger partial charge in [0.15, 0.2) is 0 Å². The Morgan fingerprint density at radius 1 is 1.38 bits per heavy atom. The van der Waals surface area contributed by atoms with Gasteiger partial charge in [-0.25, -0.2) is 0 Å². The minimum Gasteiger partial charge on any atom is -0.318 e. The number of hydrogen-bond donors (Lipinski definition) is 1. The zero-order valence-electron chi connectivity index (χ0n) is 11.5. The number of likely N-dealkylation sites (N-methyl/N-ethyl adjacent to an activating group) is 2. The fourth-order valence-electron chi connectivity index (χ4n) is 2.65. The summed E-state index contributed by atoms with van der Waals surface area (Å²) in [6.07, 6.45) is 3.98. The van der Waals surface area contributed by atoms with Crippen LogP contribution in [0.1, 0.15) is 26.2 Å². The smallest absolute Gasteiger partial charge is 0.0214 e. The highest BCUT2D eigenvalue weighted by Gasteiger charge is 2.20. The van der Waals surface area contributed by atoms with E-state index in [1.165, 1.54) is 38.9 Å². The summed E-state index contributed by atoms with van der Waals surface area (Å²) in [5, 5.41) is 3.29. The number of nitrogens with one attached hydrogen (secondary N) is 1. The zero-order chi connectivity index (χ0) is 12.0. The molecule has 1 N–H and O–H groups in total. The number of rotatable bonds is 6. The molecule has 1 aliphatic rings. The number of hydrogen-bond acceptors (Lipinski definition) is 3. The monoisotopic (exact) mass is 227 g/mol. The Balaban J connectivity index is 2.29. The van der Waals surface area contributed by atoms with Crippen molar-refractivity contribution in [2.75, 3.05) is 47.3 Å². The van der Waals surface area contributed by atoms with Gasteiger partial charge in [-0.15, -0.1) is 0 Å². The summed E-state index contributed by atoms with van der Waals surface area (Å²) in [5.74, 6) is 0.909. The van der Waals surface area contributed by atoms with Crippen molar-refractivity contribution in [3.05, 3.63) is 0 Å². The second-order valence-electron chi connectivity index (χ2n) is 5.31. The molecule has 0 amide bonds. The molecule has 1 heterocycles. The predicted molar refractivity (Wildman–Crippen MR) is 70.9 cm³/mol. The first-order chi connectivity index (χ1) is 7.67. The largest absolute Gasteiger partial charge is 0.318 e. The van der Waals surface area contributed by atoms with Crippen molar-refractivity contribution in [3.8, 4) is 0 Å². The second kappa shape index (κ2) is 7.25. The zero-order valence-corrected chi connectivity index (χ0v) is 11.5. The molecule has 1 fully saturated rings. The number of likely N-dealkylation sites (tertiary alicyclic amines) is 1. The summed E-state index contributed by atoms with van der Waals surface area (Å²) in [7, 11) is 6.56. The van der Waals surface area contributed by atoms with Crippen LogP contribution in [0.5, 0.6) is 0 Å². The Kier molecular flexibility index (Phi) is 6.32. The van der Waals surface area contributed by atoms with Crippen molar-refractivity contribution in [2.24, 2.45) is 5.92 Å². The molecule has 0 aliphatic carbocycles. The molecule has 0 saturated carbocycles. The van der Waals surface area contributed by atoms with Crippen molar-refractivity contribution in [3.63, 3.8) is 0 Å². The minimum absolute atomic E-state index is 0.699. The third kappa shape index (κ3) is 4.40. The average molecular weight is 227 g/mol. The first-order valence-corrected chi connectivity index (χ1v) is 6.70. The van der Waals surface area contributed by atoms with Crippen LogP contribution in [0.4, 0.5) is 0 Å². The maximum Gasteiger partial charge on any atom is 0.0214 e. The van der Waals surface area contributed by atoms with Gasteiger partial charge in [0, 0.05) is 19.1 Å². The van der Waals surface area contributed by atoms with Gasteiger partial charge in [0.05, 0.1) is 0 Å². The molecule has 3 nitrogen and oxygen atoms in total. The fraction of sp³-hybridized carbons (Fsp3) is 1.00. The van der Waals surface area contributed by atoms with E-state index in [9.17, 15) is 0 Å². The molecule has 1 aliphatic heterocycles. The maximum absolute atomic E-state index is 3.29. The van der Waals surface area contributed by atoms with E-state index in [1.54, 1.807) is 0 Å². The molecule has 0 aromatic rings. The van der Waals surface area contributed by atoms with Gasteiger partial charge in [-0.05, 0) is 59.4 Å². The van der Waals surface area contributed by atoms with Gasteiger partial charge in [-0.2, -0.15) is 0 Å². The Morgan fingerprint density at radius 2 is 2.00 bits per heavy atom. The van der Waals surface area contributed by atoms with Crippen LogP contribution in [0, 0.1) is 5.92 Å². The van der Waals surface area contributed by atoms with Gasteiger partial charge < -0.3 is 15.1 Å². The van der Waals surface area contributed by atoms with Crippen molar-refractivity contribution in [1.82, 2.24) is 15.1 Å². The molecule has 1 unspecified atom stereocenters. The van der Waals surface area contributed by atoms with Crippen LogP contribution in [-0.4, -0.2) is 63.2 Å². The molecule has 0 spiro atoms. The van der Waals surface area contributed by atoms with Gasteiger partial charge in [-0.1, -0.05) is 6.92 Å². The second-order valence-corrected chi connectivity index (χ2v) is 5.31. The van der Waals surface area contributed by atoms with E-state index >= 15 is 0 Å². The first-order valence-electron chi connectivity index (χ1n) is 6.70. The summed E-state index contributed by atoms with van der Waals surface area (Å²) < 4.78 is 0. The van der Waals surface area contributed by atoms with E-state index in [1.807, 2.05) is 7.05 Å². The molecule has 0 radical (unpaired) electrons. The van der Waals surface area contributed by atoms with Crippen molar-refractivity contribution in [1.29, 1.82) is 0 Å². The highest BCUT2D eigenvalue weighted by Crippen LogP contribution is 2.18. The molecule has 0 aromatic heterocycles. The molecular formula is C13H29N3. The van der Waals surface area contributed by atoms with Gasteiger partial charge >= 0.3 is 0 Å². The van der Waals surface area contributed by atoms with Gasteiger partial charge in [0.25, 0.3) is 0 Å². The quantitative estimate of drug-likeness (QED) is 0.737. The molecule has 1 rings (SSSR count). The highest BCUT2D eigenvalue weighted by molar-refractivity contribution is 4.76. The van der Waals surface area contributed by atoms with E-state index in [2.05, 4.69) is 36.1 Å². The Morgan fingerprint density at radius 3 is 2.50 bits per heavy atom. The van der Waals surface area contributed by atoms with E-state index in [-0.39, 0.29) is 0 Å². The topological polar surface area (TPSA) is 18.5 Å². The average Bonchev–Trinajstić information content (AvgIpc) is 2.29. The van der Waals surface area contributed by atoms with Crippen LogP contribution >= 0.6 is 0 Å². The summed E-state index contributed by atoms with van der Waals surface area (Å²) in [6.45, 7) is 7.23. The van der Waals surface area contributed by atoms with E-state index in [4.69, 9.17) is 0 Å². The summed E-state index contributed by atoms with van der Waals surface area (Å²) in [5.41, 5.74) is 0. The Labute approximate surface area is 101 Å². The molecule has 3 heteroatoms. The van der Waals surface area contributed by atoms with Crippen LogP contribution in [0.15, 0.2) is 0 Å². The molecule has 1 atom stereocenters. The van der Waals surface area contributed by atoms with Crippen molar-refractivity contribution in [2.45, 2.75) is 32.2 Å². The molecule has 0 aromatic carbocycles. The van der Waals surface area contributed by atoms with E-state index < -0.39 is 0 Å². The lowest BCUT2D eigenvalue weighted by Gasteiger charge is -2.34. The first kappa shape index (κ1) is 13.9. The lowest BCUT2D eigenvalue weighted by Crippen LogP contribution is -2.43. The lowest BCUT2D eigenvalue weighted by atomic mass is 9.96. The highest BCUT2D eigenvalue weighted by atomic mass is 15.2. The maximum atomic E-state index is 3.29. The number of nitrogens with zero attached hydrogens (tertiary/aromatic N) is 2. The van der Waals surface area contributed by atoms with Crippen LogP contribution in [0.3, 0.4) is 0 Å². The molecule has 16 heavy (non-hydrogen) atoms. The lowest BCUT2D eigenvalue weighted by molar-refractivity contribution is 0.146. The number of piperidine rings is 1. The van der Waals surface area contributed by atoms with Crippen LogP contribution in [0.2, 0.25) is 0 Å². The SMILES string of the molecule is CCC(CNC)N(C)CC1CCN(C)CC1. The minimum atomic E-state index is 0.699. The van der Waals surface area contributed by atoms with Gasteiger partial charge in [0.2, 0.25) is 0 Å². The van der Waals surface area contributed by atoms with Crippen LogP contribution in [-0.2, 0) is 0 Å². The van der Waals surface area contributed by atoms with Crippen molar-refractivity contribution < 1.29 is 0 Å². The molecular weight excluding hydrogens is 198 g/mol. The van der Waals surface area contributed by atoms with Crippen LogP contribution in [0.25, 0.3) is 0 Å². The Hall–Kier alpha value is -0.120. The van der Waals surface area contributed by atoms with Gasteiger partial charge in [-0.3, -0.25) is 0 Å². The Bertz CT molecular complexity index is 176. The normalized spacial score (nSPS) is 21.6. The molecule has 1 saturated heterocycles. The summed E-state index contributed by atoms with van der Waals surface area (Å²) in [6, 6.07) is 0.699. The standard InChI is InChI=1S/C13H29N3/c1-5-13(10-14-2)16(4)11-12-6-8-15(3)9-7-12/h12-14H,5-11H2,1-4H3. The van der Waals surface area contributed by atoms with Gasteiger partial charge in [0.1, 0.15) is 0 Å². The van der Waals surface area contributed by atoms with E-state index in [0.29, 0.717) is 6.04 Å². The summed E-state index contributed by atoms with van der Waals surface area (Å²) in [4.78, 5) is 4.99. The summed E-state index contributed by atoms with van der Waals surface area (Å²) >= 11 is 0. The third-order valence-electron chi connectivity index (χ3n) is 3.92. The third-order valence-corrected chi connectivity index (χ3v) is 3.92. The van der Waals surface area contributed by atoms with Crippen molar-refractivity contribution >= 4 is 0 Å². The van der Waals surface area contributed by atoms with Crippen LogP contribution < -0.4 is 5.32 Å². The van der Waals surface area contributed by atoms with E-state index in [0.717, 1.165) is 12.5 Å². The fourth-order valence-corrected chi connectivity index (χ4v) is 2.65. The predicted octanol–water partition coefficient (Wildman–Crippen LogP) is 1.26.